The van der Waals surface area contributed by atoms with Crippen molar-refractivity contribution in [3.63, 3.8) is 0 Å². The van der Waals surface area contributed by atoms with Gasteiger partial charge in [0.05, 0.1) is 0 Å². The zero-order valence-corrected chi connectivity index (χ0v) is 9.21. The van der Waals surface area contributed by atoms with Gasteiger partial charge in [-0.1, -0.05) is 32.0 Å². The Labute approximate surface area is 86.1 Å². The molecule has 0 amide bonds. The number of aryl methyl sites for hydroxylation is 2. The van der Waals surface area contributed by atoms with Gasteiger partial charge >= 0.3 is 0 Å². The maximum absolute atomic E-state index is 10.2. The van der Waals surface area contributed by atoms with Crippen molar-refractivity contribution in [3.05, 3.63) is 34.9 Å². The summed E-state index contributed by atoms with van der Waals surface area (Å²) >= 11 is 0. The SMILES string of the molecule is Cc1cc(CCC=O)ccc1C(C)C. The van der Waals surface area contributed by atoms with Gasteiger partial charge in [0.15, 0.2) is 0 Å². The van der Waals surface area contributed by atoms with E-state index in [2.05, 4.69) is 39.0 Å². The molecular formula is C13H18O. The summed E-state index contributed by atoms with van der Waals surface area (Å²) in [5.74, 6) is 0.579. The van der Waals surface area contributed by atoms with Crippen LogP contribution in [0.15, 0.2) is 18.2 Å². The molecule has 76 valence electrons. The van der Waals surface area contributed by atoms with Crippen LogP contribution in [0.5, 0.6) is 0 Å². The van der Waals surface area contributed by atoms with E-state index in [0.29, 0.717) is 12.3 Å². The molecule has 14 heavy (non-hydrogen) atoms. The lowest BCUT2D eigenvalue weighted by atomic mass is 9.95. The molecule has 0 unspecified atom stereocenters. The Morgan fingerprint density at radius 3 is 2.57 bits per heavy atom. The van der Waals surface area contributed by atoms with Gasteiger partial charge in [0.1, 0.15) is 6.29 Å². The highest BCUT2D eigenvalue weighted by Crippen LogP contribution is 2.20. The minimum Gasteiger partial charge on any atom is -0.303 e. The first-order valence-corrected chi connectivity index (χ1v) is 5.18. The average molecular weight is 190 g/mol. The largest absolute Gasteiger partial charge is 0.303 e. The van der Waals surface area contributed by atoms with Crippen molar-refractivity contribution in [2.75, 3.05) is 0 Å². The molecule has 1 heteroatoms. The maximum atomic E-state index is 10.2. The van der Waals surface area contributed by atoms with Gasteiger partial charge in [-0.25, -0.2) is 0 Å². The summed E-state index contributed by atoms with van der Waals surface area (Å²) in [6.07, 6.45) is 2.47. The third-order valence-corrected chi connectivity index (χ3v) is 2.51. The smallest absolute Gasteiger partial charge is 0.120 e. The van der Waals surface area contributed by atoms with Crippen molar-refractivity contribution in [2.24, 2.45) is 0 Å². The van der Waals surface area contributed by atoms with Crippen LogP contribution in [0.2, 0.25) is 0 Å². The Morgan fingerprint density at radius 1 is 1.36 bits per heavy atom. The van der Waals surface area contributed by atoms with Gasteiger partial charge < -0.3 is 4.79 Å². The summed E-state index contributed by atoms with van der Waals surface area (Å²) in [5.41, 5.74) is 4.00. The molecule has 0 heterocycles. The third kappa shape index (κ3) is 2.69. The van der Waals surface area contributed by atoms with E-state index < -0.39 is 0 Å². The lowest BCUT2D eigenvalue weighted by Crippen LogP contribution is -1.94. The number of hydrogen-bond donors (Lipinski definition) is 0. The molecule has 0 aliphatic carbocycles. The fraction of sp³-hybridized carbons (Fsp3) is 0.462. The van der Waals surface area contributed by atoms with Crippen LogP contribution in [0.25, 0.3) is 0 Å². The molecule has 0 aromatic heterocycles. The molecule has 0 aliphatic rings. The van der Waals surface area contributed by atoms with E-state index >= 15 is 0 Å². The second kappa shape index (κ2) is 4.94. The molecule has 1 aromatic carbocycles. The first kappa shape index (κ1) is 11.0. The minimum atomic E-state index is 0.579. The van der Waals surface area contributed by atoms with Gasteiger partial charge in [0.2, 0.25) is 0 Å². The summed E-state index contributed by atoms with van der Waals surface area (Å²) in [6.45, 7) is 6.54. The maximum Gasteiger partial charge on any atom is 0.120 e. The molecule has 0 fully saturated rings. The van der Waals surface area contributed by atoms with E-state index in [1.165, 1.54) is 16.7 Å². The van der Waals surface area contributed by atoms with Crippen molar-refractivity contribution in [1.82, 2.24) is 0 Å². The summed E-state index contributed by atoms with van der Waals surface area (Å²) in [5, 5.41) is 0. The Hall–Kier alpha value is -1.11. The molecule has 1 aromatic rings. The van der Waals surface area contributed by atoms with Gasteiger partial charge in [0.25, 0.3) is 0 Å². The predicted octanol–water partition coefficient (Wildman–Crippen LogP) is 3.25. The lowest BCUT2D eigenvalue weighted by molar-refractivity contribution is -0.107. The van der Waals surface area contributed by atoms with E-state index in [-0.39, 0.29) is 0 Å². The zero-order valence-electron chi connectivity index (χ0n) is 9.21. The van der Waals surface area contributed by atoms with Crippen molar-refractivity contribution >= 4 is 6.29 Å². The van der Waals surface area contributed by atoms with Crippen molar-refractivity contribution in [2.45, 2.75) is 39.5 Å². The quantitative estimate of drug-likeness (QED) is 0.666. The van der Waals surface area contributed by atoms with E-state index in [0.717, 1.165) is 12.7 Å². The van der Waals surface area contributed by atoms with Gasteiger partial charge in [-0.15, -0.1) is 0 Å². The van der Waals surface area contributed by atoms with Crippen LogP contribution in [0.3, 0.4) is 0 Å². The average Bonchev–Trinajstić information content (AvgIpc) is 2.14. The molecule has 1 rings (SSSR count). The van der Waals surface area contributed by atoms with Crippen LogP contribution in [-0.4, -0.2) is 6.29 Å². The molecule has 0 bridgehead atoms. The number of carbonyl (C=O) groups is 1. The number of aldehydes is 1. The van der Waals surface area contributed by atoms with Crippen molar-refractivity contribution in [1.29, 1.82) is 0 Å². The van der Waals surface area contributed by atoms with E-state index in [9.17, 15) is 4.79 Å². The van der Waals surface area contributed by atoms with E-state index in [4.69, 9.17) is 0 Å². The minimum absolute atomic E-state index is 0.579. The normalized spacial score (nSPS) is 10.6. The molecular weight excluding hydrogens is 172 g/mol. The Balaban J connectivity index is 2.83. The van der Waals surface area contributed by atoms with Gasteiger partial charge in [-0.3, -0.25) is 0 Å². The first-order chi connectivity index (χ1) is 6.65. The van der Waals surface area contributed by atoms with Crippen LogP contribution < -0.4 is 0 Å². The third-order valence-electron chi connectivity index (χ3n) is 2.51. The Morgan fingerprint density at radius 2 is 2.07 bits per heavy atom. The molecule has 1 nitrogen and oxygen atoms in total. The molecule has 0 saturated heterocycles. The second-order valence-electron chi connectivity index (χ2n) is 4.05. The van der Waals surface area contributed by atoms with Crippen LogP contribution in [0.1, 0.15) is 42.9 Å². The second-order valence-corrected chi connectivity index (χ2v) is 4.05. The van der Waals surface area contributed by atoms with Crippen molar-refractivity contribution < 1.29 is 4.79 Å². The Kier molecular flexibility index (Phi) is 3.87. The summed E-state index contributed by atoms with van der Waals surface area (Å²) in [6, 6.07) is 6.50. The molecule has 0 spiro atoms. The lowest BCUT2D eigenvalue weighted by Gasteiger charge is -2.10. The van der Waals surface area contributed by atoms with Gasteiger partial charge in [0, 0.05) is 6.42 Å². The Bertz CT molecular complexity index is 313. The number of carbonyl (C=O) groups excluding carboxylic acids is 1. The highest BCUT2D eigenvalue weighted by Gasteiger charge is 2.03. The van der Waals surface area contributed by atoms with Crippen LogP contribution in [0, 0.1) is 6.92 Å². The number of hydrogen-bond acceptors (Lipinski definition) is 1. The van der Waals surface area contributed by atoms with Gasteiger partial charge in [-0.05, 0) is 36.0 Å². The number of benzene rings is 1. The van der Waals surface area contributed by atoms with Crippen LogP contribution >= 0.6 is 0 Å². The van der Waals surface area contributed by atoms with E-state index in [1.54, 1.807) is 0 Å². The molecule has 0 saturated carbocycles. The van der Waals surface area contributed by atoms with Crippen molar-refractivity contribution in [3.8, 4) is 0 Å². The monoisotopic (exact) mass is 190 g/mol. The highest BCUT2D eigenvalue weighted by molar-refractivity contribution is 5.50. The first-order valence-electron chi connectivity index (χ1n) is 5.18. The summed E-state index contributed by atoms with van der Waals surface area (Å²) < 4.78 is 0. The molecule has 0 N–H and O–H groups in total. The topological polar surface area (TPSA) is 17.1 Å². The summed E-state index contributed by atoms with van der Waals surface area (Å²) in [7, 11) is 0. The predicted molar refractivity (Wildman–Crippen MR) is 59.7 cm³/mol. The highest BCUT2D eigenvalue weighted by atomic mass is 16.1. The molecule has 0 atom stereocenters. The fourth-order valence-corrected chi connectivity index (χ4v) is 1.77. The van der Waals surface area contributed by atoms with E-state index in [1.807, 2.05) is 0 Å². The zero-order chi connectivity index (χ0) is 10.6. The number of rotatable bonds is 4. The molecule has 0 aliphatic heterocycles. The standard InChI is InChI=1S/C13H18O/c1-10(2)13-7-6-12(5-4-8-14)9-11(13)3/h6-10H,4-5H2,1-3H3. The van der Waals surface area contributed by atoms with Crippen LogP contribution in [0.4, 0.5) is 0 Å². The fourth-order valence-electron chi connectivity index (χ4n) is 1.77. The van der Waals surface area contributed by atoms with Crippen LogP contribution in [-0.2, 0) is 11.2 Å². The van der Waals surface area contributed by atoms with Gasteiger partial charge in [-0.2, -0.15) is 0 Å². The molecule has 0 radical (unpaired) electrons. The summed E-state index contributed by atoms with van der Waals surface area (Å²) in [4.78, 5) is 10.2.